The van der Waals surface area contributed by atoms with Gasteiger partial charge in [-0.05, 0) is 43.9 Å². The molecule has 20 heavy (non-hydrogen) atoms. The van der Waals surface area contributed by atoms with Gasteiger partial charge in [-0.1, -0.05) is 26.0 Å². The van der Waals surface area contributed by atoms with Crippen LogP contribution in [-0.2, 0) is 4.79 Å². The number of nitrogens with two attached hydrogens (primary N) is 1. The Kier molecular flexibility index (Phi) is 5.17. The number of ether oxygens (including phenoxy) is 1. The largest absolute Gasteiger partial charge is 0.490 e. The van der Waals surface area contributed by atoms with E-state index in [1.807, 2.05) is 19.9 Å². The van der Waals surface area contributed by atoms with Gasteiger partial charge in [0.25, 0.3) is 0 Å². The molecule has 4 nitrogen and oxygen atoms in total. The monoisotopic (exact) mass is 279 g/mol. The van der Waals surface area contributed by atoms with Gasteiger partial charge in [0.1, 0.15) is 11.3 Å². The highest BCUT2D eigenvalue weighted by Crippen LogP contribution is 2.29. The first-order chi connectivity index (χ1) is 9.13. The SMILES string of the molecule is Cc1ccc(C(C)C)c(OC(C)CC(C)(N)C(=O)O)c1. The van der Waals surface area contributed by atoms with Crippen LogP contribution in [0.2, 0.25) is 0 Å². The van der Waals surface area contributed by atoms with E-state index >= 15 is 0 Å². The van der Waals surface area contributed by atoms with Crippen LogP contribution in [0.1, 0.15) is 51.2 Å². The van der Waals surface area contributed by atoms with Crippen molar-refractivity contribution in [2.45, 2.75) is 58.6 Å². The van der Waals surface area contributed by atoms with Crippen molar-refractivity contribution in [2.75, 3.05) is 0 Å². The molecule has 0 spiro atoms. The van der Waals surface area contributed by atoms with E-state index in [4.69, 9.17) is 15.6 Å². The molecule has 1 aromatic carbocycles. The average molecular weight is 279 g/mol. The van der Waals surface area contributed by atoms with E-state index in [9.17, 15) is 4.79 Å². The van der Waals surface area contributed by atoms with Crippen LogP contribution in [0, 0.1) is 6.92 Å². The molecule has 0 aliphatic carbocycles. The maximum Gasteiger partial charge on any atom is 0.323 e. The third-order valence-electron chi connectivity index (χ3n) is 3.32. The summed E-state index contributed by atoms with van der Waals surface area (Å²) in [6.45, 7) is 9.57. The van der Waals surface area contributed by atoms with Gasteiger partial charge >= 0.3 is 5.97 Å². The minimum Gasteiger partial charge on any atom is -0.490 e. The van der Waals surface area contributed by atoms with Crippen LogP contribution in [0.4, 0.5) is 0 Å². The van der Waals surface area contributed by atoms with Crippen molar-refractivity contribution in [1.82, 2.24) is 0 Å². The van der Waals surface area contributed by atoms with Crippen molar-refractivity contribution in [3.63, 3.8) is 0 Å². The van der Waals surface area contributed by atoms with Crippen LogP contribution in [0.3, 0.4) is 0 Å². The van der Waals surface area contributed by atoms with Crippen LogP contribution in [0.25, 0.3) is 0 Å². The summed E-state index contributed by atoms with van der Waals surface area (Å²) in [7, 11) is 0. The Morgan fingerprint density at radius 3 is 2.50 bits per heavy atom. The summed E-state index contributed by atoms with van der Waals surface area (Å²) < 4.78 is 5.93. The molecule has 0 radical (unpaired) electrons. The Morgan fingerprint density at radius 1 is 1.40 bits per heavy atom. The fraction of sp³-hybridized carbons (Fsp3) is 0.562. The predicted octanol–water partition coefficient (Wildman–Crippen LogP) is 3.08. The maximum atomic E-state index is 11.1. The summed E-state index contributed by atoms with van der Waals surface area (Å²) in [5, 5.41) is 9.06. The molecule has 0 bridgehead atoms. The molecule has 0 aliphatic heterocycles. The van der Waals surface area contributed by atoms with E-state index in [1.165, 1.54) is 6.92 Å². The van der Waals surface area contributed by atoms with Gasteiger partial charge in [-0.15, -0.1) is 0 Å². The summed E-state index contributed by atoms with van der Waals surface area (Å²) in [6.07, 6.45) is -0.00577. The number of benzene rings is 1. The van der Waals surface area contributed by atoms with Gasteiger partial charge < -0.3 is 15.6 Å². The van der Waals surface area contributed by atoms with Crippen molar-refractivity contribution in [2.24, 2.45) is 5.73 Å². The molecule has 0 aromatic heterocycles. The lowest BCUT2D eigenvalue weighted by molar-refractivity contribution is -0.143. The predicted molar refractivity (Wildman–Crippen MR) is 80.2 cm³/mol. The molecule has 0 fully saturated rings. The van der Waals surface area contributed by atoms with Crippen molar-refractivity contribution >= 4 is 5.97 Å². The topological polar surface area (TPSA) is 72.5 Å². The summed E-state index contributed by atoms with van der Waals surface area (Å²) in [4.78, 5) is 11.1. The molecule has 2 unspecified atom stereocenters. The third-order valence-corrected chi connectivity index (χ3v) is 3.32. The van der Waals surface area contributed by atoms with Crippen LogP contribution in [0.15, 0.2) is 18.2 Å². The van der Waals surface area contributed by atoms with Gasteiger partial charge in [-0.2, -0.15) is 0 Å². The summed E-state index contributed by atoms with van der Waals surface area (Å²) in [5.41, 5.74) is 6.72. The Labute approximate surface area is 120 Å². The van der Waals surface area contributed by atoms with E-state index in [2.05, 4.69) is 26.0 Å². The molecule has 2 atom stereocenters. The van der Waals surface area contributed by atoms with Gasteiger partial charge in [-0.3, -0.25) is 4.79 Å². The van der Waals surface area contributed by atoms with Crippen molar-refractivity contribution in [1.29, 1.82) is 0 Å². The van der Waals surface area contributed by atoms with E-state index in [-0.39, 0.29) is 12.5 Å². The molecule has 1 rings (SSSR count). The molecule has 1 aromatic rings. The molecule has 0 amide bonds. The molecule has 4 heteroatoms. The fourth-order valence-electron chi connectivity index (χ4n) is 2.16. The first-order valence-electron chi connectivity index (χ1n) is 6.93. The Balaban J connectivity index is 2.88. The lowest BCUT2D eigenvalue weighted by Crippen LogP contribution is -2.47. The van der Waals surface area contributed by atoms with E-state index in [0.29, 0.717) is 5.92 Å². The minimum absolute atomic E-state index is 0.258. The Bertz CT molecular complexity index is 481. The zero-order valence-electron chi connectivity index (χ0n) is 12.9. The summed E-state index contributed by atoms with van der Waals surface area (Å²) in [5.74, 6) is 0.150. The van der Waals surface area contributed by atoms with Gasteiger partial charge in [0.15, 0.2) is 0 Å². The maximum absolute atomic E-state index is 11.1. The zero-order chi connectivity index (χ0) is 15.5. The summed E-state index contributed by atoms with van der Waals surface area (Å²) in [6, 6.07) is 6.10. The van der Waals surface area contributed by atoms with Gasteiger partial charge in [0, 0.05) is 6.42 Å². The highest BCUT2D eigenvalue weighted by molar-refractivity contribution is 5.77. The molecule has 112 valence electrons. The smallest absolute Gasteiger partial charge is 0.323 e. The number of carbonyl (C=O) groups is 1. The second-order valence-corrected chi connectivity index (χ2v) is 6.05. The third kappa shape index (κ3) is 4.23. The number of hydrogen-bond donors (Lipinski definition) is 2. The van der Waals surface area contributed by atoms with Crippen molar-refractivity contribution in [3.8, 4) is 5.75 Å². The Morgan fingerprint density at radius 2 is 2.00 bits per heavy atom. The quantitative estimate of drug-likeness (QED) is 0.839. The molecule has 0 saturated heterocycles. The van der Waals surface area contributed by atoms with Crippen LogP contribution < -0.4 is 10.5 Å². The van der Waals surface area contributed by atoms with Crippen molar-refractivity contribution in [3.05, 3.63) is 29.3 Å². The van der Waals surface area contributed by atoms with E-state index < -0.39 is 11.5 Å². The summed E-state index contributed by atoms with van der Waals surface area (Å²) >= 11 is 0. The number of aliphatic carboxylic acids is 1. The second kappa shape index (κ2) is 6.27. The normalized spacial score (nSPS) is 15.8. The van der Waals surface area contributed by atoms with Crippen LogP contribution in [0.5, 0.6) is 5.75 Å². The number of carboxylic acids is 1. The molecule has 0 saturated carbocycles. The fourth-order valence-corrected chi connectivity index (χ4v) is 2.16. The average Bonchev–Trinajstić information content (AvgIpc) is 2.27. The van der Waals surface area contributed by atoms with Gasteiger partial charge in [0.05, 0.1) is 6.10 Å². The van der Waals surface area contributed by atoms with E-state index in [1.54, 1.807) is 0 Å². The second-order valence-electron chi connectivity index (χ2n) is 6.05. The van der Waals surface area contributed by atoms with Crippen LogP contribution in [-0.4, -0.2) is 22.7 Å². The molecule has 0 aliphatic rings. The highest BCUT2D eigenvalue weighted by Gasteiger charge is 2.31. The molecular weight excluding hydrogens is 254 g/mol. The van der Waals surface area contributed by atoms with Crippen LogP contribution >= 0.6 is 0 Å². The van der Waals surface area contributed by atoms with Crippen molar-refractivity contribution < 1.29 is 14.6 Å². The number of aryl methyl sites for hydroxylation is 1. The lowest BCUT2D eigenvalue weighted by Gasteiger charge is -2.25. The molecule has 3 N–H and O–H groups in total. The standard InChI is InChI=1S/C16H25NO3/c1-10(2)13-7-6-11(3)8-14(13)20-12(4)9-16(5,17)15(18)19/h6-8,10,12H,9,17H2,1-5H3,(H,18,19). The first kappa shape index (κ1) is 16.5. The molecule has 0 heterocycles. The number of hydrogen-bond acceptors (Lipinski definition) is 3. The number of rotatable bonds is 6. The van der Waals surface area contributed by atoms with Gasteiger partial charge in [0.2, 0.25) is 0 Å². The molecular formula is C16H25NO3. The highest BCUT2D eigenvalue weighted by atomic mass is 16.5. The Hall–Kier alpha value is -1.55. The zero-order valence-corrected chi connectivity index (χ0v) is 12.9. The lowest BCUT2D eigenvalue weighted by atomic mass is 9.96. The number of carboxylic acid groups (broad SMARTS) is 1. The first-order valence-corrected chi connectivity index (χ1v) is 6.93. The van der Waals surface area contributed by atoms with E-state index in [0.717, 1.165) is 16.9 Å². The minimum atomic E-state index is -1.28. The van der Waals surface area contributed by atoms with Gasteiger partial charge in [-0.25, -0.2) is 0 Å².